The van der Waals surface area contributed by atoms with Gasteiger partial charge in [-0.2, -0.15) is 0 Å². The van der Waals surface area contributed by atoms with Crippen molar-refractivity contribution in [3.8, 4) is 22.8 Å². The fraction of sp³-hybridized carbons (Fsp3) is 0.231. The molecule has 0 bridgehead atoms. The van der Waals surface area contributed by atoms with Crippen molar-refractivity contribution in [1.29, 1.82) is 0 Å². The Morgan fingerprint density at radius 2 is 2.05 bits per heavy atom. The fourth-order valence-electron chi connectivity index (χ4n) is 1.81. The van der Waals surface area contributed by atoms with Crippen LogP contribution >= 0.6 is 0 Å². The molecular weight excluding hydrogens is 250 g/mol. The van der Waals surface area contributed by atoms with Crippen LogP contribution in [0, 0.1) is 13.8 Å². The molecule has 1 aromatic heterocycles. The number of carbonyl (C=O) groups is 1. The number of aromatic hydroxyl groups is 1. The number of hydrogen-bond acceptors (Lipinski definition) is 5. The van der Waals surface area contributed by atoms with Gasteiger partial charge in [-0.15, -0.1) is 0 Å². The van der Waals surface area contributed by atoms with Crippen LogP contribution in [0.2, 0.25) is 0 Å². The first-order valence-electron chi connectivity index (χ1n) is 5.53. The van der Waals surface area contributed by atoms with E-state index >= 15 is 0 Å². The topological polar surface area (TPSA) is 92.8 Å². The van der Waals surface area contributed by atoms with Gasteiger partial charge in [-0.3, -0.25) is 0 Å². The van der Waals surface area contributed by atoms with Crippen LogP contribution in [0.1, 0.15) is 21.6 Å². The minimum absolute atomic E-state index is 0.0984. The van der Waals surface area contributed by atoms with Crippen molar-refractivity contribution in [3.63, 3.8) is 0 Å². The summed E-state index contributed by atoms with van der Waals surface area (Å²) in [6.07, 6.45) is 0. The Balaban J connectivity index is 2.61. The van der Waals surface area contributed by atoms with Gasteiger partial charge in [0.15, 0.2) is 23.0 Å². The average molecular weight is 263 g/mol. The molecular formula is C13H13NO5. The van der Waals surface area contributed by atoms with Gasteiger partial charge in [-0.25, -0.2) is 4.79 Å². The first-order chi connectivity index (χ1) is 8.95. The largest absolute Gasteiger partial charge is 0.504 e. The number of carboxylic acid groups (broad SMARTS) is 1. The number of benzene rings is 1. The summed E-state index contributed by atoms with van der Waals surface area (Å²) in [5, 5.41) is 22.4. The molecule has 19 heavy (non-hydrogen) atoms. The van der Waals surface area contributed by atoms with Crippen molar-refractivity contribution in [2.45, 2.75) is 13.8 Å². The lowest BCUT2D eigenvalue weighted by Gasteiger charge is -2.12. The second-order valence-corrected chi connectivity index (χ2v) is 4.13. The molecule has 0 unspecified atom stereocenters. The lowest BCUT2D eigenvalue weighted by Crippen LogP contribution is -1.95. The summed E-state index contributed by atoms with van der Waals surface area (Å²) in [4.78, 5) is 10.8. The number of phenolic OH excluding ortho intramolecular Hbond substituents is 1. The summed E-state index contributed by atoms with van der Waals surface area (Å²) in [5.41, 5.74) is 1.83. The molecule has 0 amide bonds. The lowest BCUT2D eigenvalue weighted by atomic mass is 10.0. The number of rotatable bonds is 3. The highest BCUT2D eigenvalue weighted by Crippen LogP contribution is 2.41. The van der Waals surface area contributed by atoms with Gasteiger partial charge in [0.05, 0.1) is 12.7 Å². The van der Waals surface area contributed by atoms with Crippen LogP contribution in [0.3, 0.4) is 0 Å². The molecule has 1 aromatic carbocycles. The summed E-state index contributed by atoms with van der Waals surface area (Å²) in [5.74, 6) is -0.774. The van der Waals surface area contributed by atoms with E-state index in [0.717, 1.165) is 11.1 Å². The van der Waals surface area contributed by atoms with E-state index in [1.54, 1.807) is 6.07 Å². The average Bonchev–Trinajstić information content (AvgIpc) is 2.84. The molecule has 0 saturated carbocycles. The second kappa shape index (κ2) is 4.64. The molecule has 0 atom stereocenters. The summed E-state index contributed by atoms with van der Waals surface area (Å²) in [6.45, 7) is 3.68. The fourth-order valence-corrected chi connectivity index (χ4v) is 1.81. The Morgan fingerprint density at radius 1 is 1.37 bits per heavy atom. The van der Waals surface area contributed by atoms with Crippen molar-refractivity contribution in [2.24, 2.45) is 0 Å². The first-order valence-corrected chi connectivity index (χ1v) is 5.53. The van der Waals surface area contributed by atoms with E-state index in [9.17, 15) is 9.90 Å². The van der Waals surface area contributed by atoms with Crippen molar-refractivity contribution >= 4 is 5.97 Å². The Labute approximate surface area is 109 Å². The maximum absolute atomic E-state index is 10.8. The Bertz CT molecular complexity index is 645. The smallest absolute Gasteiger partial charge is 0.358 e. The zero-order valence-electron chi connectivity index (χ0n) is 10.7. The van der Waals surface area contributed by atoms with Crippen molar-refractivity contribution < 1.29 is 24.3 Å². The minimum atomic E-state index is -1.19. The number of carboxylic acids is 1. The van der Waals surface area contributed by atoms with Crippen LogP contribution in [0.4, 0.5) is 0 Å². The van der Waals surface area contributed by atoms with Crippen LogP contribution in [0.25, 0.3) is 11.3 Å². The van der Waals surface area contributed by atoms with Crippen LogP contribution in [0.15, 0.2) is 16.7 Å². The molecule has 0 spiro atoms. The van der Waals surface area contributed by atoms with Crippen molar-refractivity contribution in [3.05, 3.63) is 29.0 Å². The highest BCUT2D eigenvalue weighted by Gasteiger charge is 2.19. The summed E-state index contributed by atoms with van der Waals surface area (Å²) >= 11 is 0. The number of hydrogen-bond donors (Lipinski definition) is 2. The molecule has 2 N–H and O–H groups in total. The van der Waals surface area contributed by atoms with Crippen LogP contribution in [-0.2, 0) is 0 Å². The van der Waals surface area contributed by atoms with Gasteiger partial charge in [-0.05, 0) is 31.0 Å². The second-order valence-electron chi connectivity index (χ2n) is 4.13. The van der Waals surface area contributed by atoms with E-state index in [2.05, 4.69) is 5.16 Å². The zero-order valence-corrected chi connectivity index (χ0v) is 10.7. The number of aromatic nitrogens is 1. The third-order valence-electron chi connectivity index (χ3n) is 2.96. The van der Waals surface area contributed by atoms with Gasteiger partial charge in [-0.1, -0.05) is 5.16 Å². The first kappa shape index (κ1) is 12.9. The van der Waals surface area contributed by atoms with Crippen LogP contribution in [-0.4, -0.2) is 28.4 Å². The molecule has 0 aliphatic rings. The summed E-state index contributed by atoms with van der Waals surface area (Å²) < 4.78 is 10.1. The van der Waals surface area contributed by atoms with Gasteiger partial charge >= 0.3 is 5.97 Å². The van der Waals surface area contributed by atoms with Crippen LogP contribution in [0.5, 0.6) is 11.5 Å². The van der Waals surface area contributed by atoms with Gasteiger partial charge in [0, 0.05) is 6.07 Å². The molecule has 0 fully saturated rings. The van der Waals surface area contributed by atoms with Gasteiger partial charge in [0.25, 0.3) is 0 Å². The maximum Gasteiger partial charge on any atom is 0.358 e. The van der Waals surface area contributed by atoms with Crippen LogP contribution < -0.4 is 4.74 Å². The number of methoxy groups -OCH3 is 1. The standard InChI is InChI=1S/C13H13NO5/c1-6-4-8(11(15)12(18-3)7(6)2)10-5-9(13(16)17)14-19-10/h4-5,15H,1-3H3,(H,16,17). The predicted octanol–water partition coefficient (Wildman–Crippen LogP) is 2.37. The van der Waals surface area contributed by atoms with Gasteiger partial charge in [0.2, 0.25) is 0 Å². The van der Waals surface area contributed by atoms with E-state index in [1.165, 1.54) is 13.2 Å². The molecule has 100 valence electrons. The molecule has 6 nitrogen and oxygen atoms in total. The summed E-state index contributed by atoms with van der Waals surface area (Å²) in [6, 6.07) is 2.95. The molecule has 0 saturated heterocycles. The third-order valence-corrected chi connectivity index (χ3v) is 2.96. The Hall–Kier alpha value is -2.50. The van der Waals surface area contributed by atoms with E-state index in [0.29, 0.717) is 11.3 Å². The SMILES string of the molecule is COc1c(C)c(C)cc(-c2cc(C(=O)O)no2)c1O. The molecule has 0 radical (unpaired) electrons. The monoisotopic (exact) mass is 263 g/mol. The molecule has 2 rings (SSSR count). The number of aryl methyl sites for hydroxylation is 1. The Morgan fingerprint density at radius 3 is 2.58 bits per heavy atom. The van der Waals surface area contributed by atoms with E-state index in [4.69, 9.17) is 14.4 Å². The number of nitrogens with zero attached hydrogens (tertiary/aromatic N) is 1. The lowest BCUT2D eigenvalue weighted by molar-refractivity contribution is 0.0686. The van der Waals surface area contributed by atoms with Gasteiger partial charge in [0.1, 0.15) is 0 Å². The molecule has 6 heteroatoms. The minimum Gasteiger partial charge on any atom is -0.504 e. The van der Waals surface area contributed by atoms with E-state index in [1.807, 2.05) is 13.8 Å². The number of ether oxygens (including phenoxy) is 1. The van der Waals surface area contributed by atoms with Crippen molar-refractivity contribution in [1.82, 2.24) is 5.16 Å². The Kier molecular flexibility index (Phi) is 3.16. The molecule has 1 heterocycles. The third kappa shape index (κ3) is 2.12. The zero-order chi connectivity index (χ0) is 14.2. The van der Waals surface area contributed by atoms with E-state index in [-0.39, 0.29) is 17.2 Å². The highest BCUT2D eigenvalue weighted by atomic mass is 16.5. The molecule has 0 aliphatic heterocycles. The normalized spacial score (nSPS) is 10.5. The maximum atomic E-state index is 10.8. The molecule has 2 aromatic rings. The summed E-state index contributed by atoms with van der Waals surface area (Å²) in [7, 11) is 1.45. The molecule has 0 aliphatic carbocycles. The highest BCUT2D eigenvalue weighted by molar-refractivity contribution is 5.87. The van der Waals surface area contributed by atoms with Gasteiger partial charge < -0.3 is 19.5 Å². The van der Waals surface area contributed by atoms with E-state index < -0.39 is 5.97 Å². The number of aromatic carboxylic acids is 1. The predicted molar refractivity (Wildman–Crippen MR) is 66.6 cm³/mol. The quantitative estimate of drug-likeness (QED) is 0.883. The van der Waals surface area contributed by atoms with Crippen molar-refractivity contribution in [2.75, 3.05) is 7.11 Å². The number of phenols is 1.